The number of nitrogens with zero attached hydrogens (tertiary/aromatic N) is 6. The van der Waals surface area contributed by atoms with E-state index in [0.29, 0.717) is 23.6 Å². The molecular weight excluding hydrogens is 388 g/mol. The van der Waals surface area contributed by atoms with Gasteiger partial charge in [-0.05, 0) is 61.3 Å². The van der Waals surface area contributed by atoms with E-state index < -0.39 is 0 Å². The van der Waals surface area contributed by atoms with Crippen molar-refractivity contribution in [1.29, 1.82) is 5.41 Å². The lowest BCUT2D eigenvalue weighted by molar-refractivity contribution is 0.412. The summed E-state index contributed by atoms with van der Waals surface area (Å²) in [5, 5.41) is 19.3. The van der Waals surface area contributed by atoms with Crippen molar-refractivity contribution in [1.82, 2.24) is 25.1 Å². The summed E-state index contributed by atoms with van der Waals surface area (Å²) in [6.45, 7) is 6.28. The number of hydrogen-bond donors (Lipinski definition) is 2. The van der Waals surface area contributed by atoms with Crippen molar-refractivity contribution in [3.63, 3.8) is 0 Å². The van der Waals surface area contributed by atoms with Crippen LogP contribution in [0.1, 0.15) is 43.2 Å². The molecule has 2 atom stereocenters. The molecule has 0 bridgehead atoms. The maximum absolute atomic E-state index is 7.86. The number of aliphatic imine (C=N–C) groups is 1. The van der Waals surface area contributed by atoms with Gasteiger partial charge in [-0.1, -0.05) is 13.8 Å². The Balaban J connectivity index is 1.55. The lowest BCUT2D eigenvalue weighted by Crippen LogP contribution is -2.16. The molecule has 4 rings (SSSR count). The molecule has 1 aliphatic heterocycles. The summed E-state index contributed by atoms with van der Waals surface area (Å²) in [6, 6.07) is 8.07. The lowest BCUT2D eigenvalue weighted by atomic mass is 10.0. The Morgan fingerprint density at radius 3 is 2.77 bits per heavy atom. The van der Waals surface area contributed by atoms with Crippen molar-refractivity contribution in [3.05, 3.63) is 47.8 Å². The van der Waals surface area contributed by atoms with Gasteiger partial charge in [0, 0.05) is 25.2 Å². The monoisotopic (exact) mass is 416 g/mol. The molecule has 0 radical (unpaired) electrons. The van der Waals surface area contributed by atoms with E-state index >= 15 is 0 Å². The molecule has 0 aromatic carbocycles. The van der Waals surface area contributed by atoms with Gasteiger partial charge in [0.1, 0.15) is 5.82 Å². The molecule has 8 heteroatoms. The first-order valence-corrected chi connectivity index (χ1v) is 10.6. The van der Waals surface area contributed by atoms with E-state index in [2.05, 4.69) is 46.3 Å². The highest BCUT2D eigenvalue weighted by Crippen LogP contribution is 2.22. The fourth-order valence-electron chi connectivity index (χ4n) is 3.64. The van der Waals surface area contributed by atoms with Crippen LogP contribution in [0, 0.1) is 5.41 Å². The Morgan fingerprint density at radius 1 is 1.16 bits per heavy atom. The third-order valence-corrected chi connectivity index (χ3v) is 5.55. The van der Waals surface area contributed by atoms with E-state index in [1.54, 1.807) is 12.4 Å². The average molecular weight is 417 g/mol. The summed E-state index contributed by atoms with van der Waals surface area (Å²) in [7, 11) is 2.11. The predicted molar refractivity (Wildman–Crippen MR) is 125 cm³/mol. The molecule has 1 unspecified atom stereocenters. The van der Waals surface area contributed by atoms with Gasteiger partial charge >= 0.3 is 0 Å². The van der Waals surface area contributed by atoms with E-state index in [9.17, 15) is 0 Å². The lowest BCUT2D eigenvalue weighted by Gasteiger charge is -2.11. The van der Waals surface area contributed by atoms with E-state index in [4.69, 9.17) is 15.4 Å². The second-order valence-corrected chi connectivity index (χ2v) is 8.35. The molecule has 160 valence electrons. The zero-order valence-electron chi connectivity index (χ0n) is 18.2. The molecule has 1 aliphatic rings. The summed E-state index contributed by atoms with van der Waals surface area (Å²) in [5.41, 5.74) is 3.58. The summed E-state index contributed by atoms with van der Waals surface area (Å²) in [4.78, 5) is 16.2. The normalized spacial score (nSPS) is 18.1. The van der Waals surface area contributed by atoms with Crippen molar-refractivity contribution < 1.29 is 0 Å². The number of nitrogens with one attached hydrogen (secondary N) is 2. The van der Waals surface area contributed by atoms with Crippen LogP contribution >= 0.6 is 0 Å². The molecule has 0 amide bonds. The summed E-state index contributed by atoms with van der Waals surface area (Å²) in [6.07, 6.45) is 7.92. The fraction of sp³-hybridized carbons (Fsp3) is 0.391. The molecule has 3 aromatic heterocycles. The number of hydrogen-bond acceptors (Lipinski definition) is 8. The topological polar surface area (TPSA) is 103 Å². The quantitative estimate of drug-likeness (QED) is 0.568. The van der Waals surface area contributed by atoms with Crippen molar-refractivity contribution in [2.24, 2.45) is 4.99 Å². The molecule has 1 fully saturated rings. The zero-order valence-corrected chi connectivity index (χ0v) is 18.2. The number of pyridine rings is 2. The number of likely N-dealkylation sites (tertiary alicyclic amines) is 1. The van der Waals surface area contributed by atoms with Gasteiger partial charge in [-0.3, -0.25) is 9.98 Å². The molecular formula is C23H28N8. The van der Waals surface area contributed by atoms with Gasteiger partial charge < -0.3 is 15.6 Å². The van der Waals surface area contributed by atoms with Gasteiger partial charge in [-0.25, -0.2) is 4.98 Å². The predicted octanol–water partition coefficient (Wildman–Crippen LogP) is 3.79. The van der Waals surface area contributed by atoms with Crippen molar-refractivity contribution in [3.8, 4) is 0 Å². The molecule has 3 aromatic rings. The second kappa shape index (κ2) is 9.26. The first-order chi connectivity index (χ1) is 15.0. The van der Waals surface area contributed by atoms with Gasteiger partial charge in [0.15, 0.2) is 5.82 Å². The van der Waals surface area contributed by atoms with Gasteiger partial charge in [-0.15, -0.1) is 5.10 Å². The largest absolute Gasteiger partial charge is 0.323 e. The maximum atomic E-state index is 7.86. The standard InChI is InChI=1S/C23H28N8/c1-15(2)16-9-23(30-27-13-16)29-22-5-4-20-21(28-22)8-17(11-26-20)18(10-24)12-25-19-6-7-31(3)14-19/h4-5,8-13,15,18-19,24H,6-7,14H2,1-3H3,(H,28,29,30)/t18?,19-/m0/s1. The van der Waals surface area contributed by atoms with Gasteiger partial charge in [0.2, 0.25) is 0 Å². The van der Waals surface area contributed by atoms with E-state index in [-0.39, 0.29) is 5.92 Å². The van der Waals surface area contributed by atoms with Crippen LogP contribution in [0.3, 0.4) is 0 Å². The zero-order chi connectivity index (χ0) is 21.8. The van der Waals surface area contributed by atoms with Crippen LogP contribution in [0.25, 0.3) is 11.0 Å². The molecule has 8 nitrogen and oxygen atoms in total. The van der Waals surface area contributed by atoms with Crippen LogP contribution in [-0.2, 0) is 0 Å². The van der Waals surface area contributed by atoms with E-state index in [1.165, 1.54) is 6.21 Å². The number of rotatable bonds is 7. The Bertz CT molecular complexity index is 1090. The Morgan fingerprint density at radius 2 is 2.03 bits per heavy atom. The Labute approximate surface area is 182 Å². The highest BCUT2D eigenvalue weighted by Gasteiger charge is 2.18. The highest BCUT2D eigenvalue weighted by atomic mass is 15.2. The summed E-state index contributed by atoms with van der Waals surface area (Å²) in [5.74, 6) is 1.50. The van der Waals surface area contributed by atoms with Crippen molar-refractivity contribution in [2.45, 2.75) is 38.1 Å². The van der Waals surface area contributed by atoms with Crippen LogP contribution in [-0.4, -0.2) is 63.7 Å². The molecule has 4 heterocycles. The van der Waals surface area contributed by atoms with E-state index in [1.807, 2.05) is 30.5 Å². The number of anilines is 2. The van der Waals surface area contributed by atoms with Crippen molar-refractivity contribution in [2.75, 3.05) is 25.5 Å². The SMILES string of the molecule is CC(C)c1cnnc(Nc2ccc3ncc(C(C=N)C=N[C@H]4CCN(C)C4)cc3n2)c1. The minimum Gasteiger partial charge on any atom is -0.323 e. The number of fused-ring (bicyclic) bond motifs is 1. The third-order valence-electron chi connectivity index (χ3n) is 5.55. The second-order valence-electron chi connectivity index (χ2n) is 8.35. The minimum atomic E-state index is -0.213. The fourth-order valence-corrected chi connectivity index (χ4v) is 3.64. The Hall–Kier alpha value is -3.26. The first-order valence-electron chi connectivity index (χ1n) is 10.6. The summed E-state index contributed by atoms with van der Waals surface area (Å²) >= 11 is 0. The van der Waals surface area contributed by atoms with Crippen LogP contribution in [0.15, 0.2) is 41.7 Å². The van der Waals surface area contributed by atoms with Crippen LogP contribution < -0.4 is 5.32 Å². The third kappa shape index (κ3) is 5.08. The average Bonchev–Trinajstić information content (AvgIpc) is 3.19. The molecule has 0 spiro atoms. The minimum absolute atomic E-state index is 0.213. The smallest absolute Gasteiger partial charge is 0.154 e. The molecule has 1 saturated heterocycles. The summed E-state index contributed by atoms with van der Waals surface area (Å²) < 4.78 is 0. The number of likely N-dealkylation sites (N-methyl/N-ethyl adjacent to an activating group) is 1. The number of aromatic nitrogens is 4. The van der Waals surface area contributed by atoms with E-state index in [0.717, 1.165) is 41.7 Å². The molecule has 0 aliphatic carbocycles. The molecule has 2 N–H and O–H groups in total. The molecule has 0 saturated carbocycles. The van der Waals surface area contributed by atoms with Crippen molar-refractivity contribution >= 4 is 35.1 Å². The van der Waals surface area contributed by atoms with Gasteiger partial charge in [0.25, 0.3) is 0 Å². The maximum Gasteiger partial charge on any atom is 0.154 e. The highest BCUT2D eigenvalue weighted by molar-refractivity contribution is 5.90. The first kappa shape index (κ1) is 21.0. The van der Waals surface area contributed by atoms with Gasteiger partial charge in [-0.2, -0.15) is 5.10 Å². The Kier molecular flexibility index (Phi) is 6.27. The molecule has 31 heavy (non-hydrogen) atoms. The van der Waals surface area contributed by atoms with Crippen LogP contribution in [0.5, 0.6) is 0 Å². The van der Waals surface area contributed by atoms with Crippen LogP contribution in [0.4, 0.5) is 11.6 Å². The van der Waals surface area contributed by atoms with Gasteiger partial charge in [0.05, 0.1) is 29.2 Å². The van der Waals surface area contributed by atoms with Crippen LogP contribution in [0.2, 0.25) is 0 Å².